The number of hydrogen-bond donors (Lipinski definition) is 0. The Balaban J connectivity index is 2.09. The Kier molecular flexibility index (Phi) is 3.34. The first-order valence-corrected chi connectivity index (χ1v) is 6.68. The minimum absolute atomic E-state index is 0.198. The Bertz CT molecular complexity index is 823. The monoisotopic (exact) mass is 305 g/mol. The zero-order chi connectivity index (χ0) is 15.0. The van der Waals surface area contributed by atoms with Crippen LogP contribution in [0.3, 0.4) is 0 Å². The van der Waals surface area contributed by atoms with E-state index < -0.39 is 5.97 Å². The Labute approximate surface area is 125 Å². The number of ether oxygens (including phenoxy) is 1. The molecule has 0 aromatic carbocycles. The molecular weight excluding hydrogens is 294 g/mol. The van der Waals surface area contributed by atoms with Crippen molar-refractivity contribution in [3.05, 3.63) is 35.5 Å². The molecule has 7 nitrogen and oxygen atoms in total. The zero-order valence-electron chi connectivity index (χ0n) is 11.4. The third-order valence-corrected chi connectivity index (χ3v) is 3.17. The smallest absolute Gasteiger partial charge is 0.358 e. The van der Waals surface area contributed by atoms with E-state index in [2.05, 4.69) is 15.2 Å². The van der Waals surface area contributed by atoms with Gasteiger partial charge in [-0.25, -0.2) is 14.3 Å². The minimum Gasteiger partial charge on any atom is -0.461 e. The van der Waals surface area contributed by atoms with Gasteiger partial charge >= 0.3 is 5.97 Å². The quantitative estimate of drug-likeness (QED) is 0.692. The first-order valence-electron chi connectivity index (χ1n) is 6.30. The molecule has 0 saturated heterocycles. The molecule has 3 heterocycles. The van der Waals surface area contributed by atoms with Crippen LogP contribution in [-0.2, 0) is 11.8 Å². The molecule has 0 aliphatic heterocycles. The van der Waals surface area contributed by atoms with Crippen LogP contribution in [-0.4, -0.2) is 37.0 Å². The molecule has 0 atom stereocenters. The number of carbonyl (C=O) groups excluding carboxylic acids is 1. The molecule has 3 aromatic rings. The van der Waals surface area contributed by atoms with Crippen molar-refractivity contribution in [3.63, 3.8) is 0 Å². The molecule has 8 heteroatoms. The van der Waals surface area contributed by atoms with Gasteiger partial charge in [0, 0.05) is 24.9 Å². The second kappa shape index (κ2) is 5.17. The zero-order valence-corrected chi connectivity index (χ0v) is 12.2. The van der Waals surface area contributed by atoms with Crippen LogP contribution < -0.4 is 0 Å². The van der Waals surface area contributed by atoms with Crippen LogP contribution in [0, 0.1) is 0 Å². The number of nitrogens with zero attached hydrogens (tertiary/aromatic N) is 5. The molecule has 0 radical (unpaired) electrons. The van der Waals surface area contributed by atoms with Crippen molar-refractivity contribution in [2.75, 3.05) is 6.61 Å². The Morgan fingerprint density at radius 2 is 2.24 bits per heavy atom. The summed E-state index contributed by atoms with van der Waals surface area (Å²) in [7, 11) is 1.82. The summed E-state index contributed by atoms with van der Waals surface area (Å²) in [5.74, 6) is -0.486. The molecule has 0 bridgehead atoms. The van der Waals surface area contributed by atoms with Gasteiger partial charge < -0.3 is 4.74 Å². The molecular formula is C13H12ClN5O2. The highest BCUT2D eigenvalue weighted by Gasteiger charge is 2.15. The molecule has 21 heavy (non-hydrogen) atoms. The summed E-state index contributed by atoms with van der Waals surface area (Å²) in [4.78, 5) is 16.0. The molecule has 0 aliphatic carbocycles. The normalized spacial score (nSPS) is 11.0. The predicted octanol–water partition coefficient (Wildman–Crippen LogP) is 1.96. The van der Waals surface area contributed by atoms with E-state index >= 15 is 0 Å². The number of aryl methyl sites for hydroxylation is 1. The summed E-state index contributed by atoms with van der Waals surface area (Å²) in [6, 6.07) is 1.56. The predicted molar refractivity (Wildman–Crippen MR) is 76.2 cm³/mol. The van der Waals surface area contributed by atoms with E-state index in [0.29, 0.717) is 17.8 Å². The highest BCUT2D eigenvalue weighted by atomic mass is 35.5. The fourth-order valence-electron chi connectivity index (χ4n) is 1.95. The maximum atomic E-state index is 11.7. The fraction of sp³-hybridized carbons (Fsp3) is 0.231. The molecule has 0 spiro atoms. The van der Waals surface area contributed by atoms with Crippen LogP contribution in [0.5, 0.6) is 0 Å². The number of esters is 1. The number of carbonyl (C=O) groups is 1. The molecule has 108 valence electrons. The van der Waals surface area contributed by atoms with Crippen LogP contribution in [0.1, 0.15) is 17.4 Å². The van der Waals surface area contributed by atoms with E-state index in [1.165, 1.54) is 4.52 Å². The number of hydrogen-bond acceptors (Lipinski definition) is 5. The lowest BCUT2D eigenvalue weighted by molar-refractivity contribution is 0.0519. The molecule has 0 amide bonds. The largest absolute Gasteiger partial charge is 0.461 e. The average molecular weight is 306 g/mol. The number of aromatic nitrogens is 5. The first kappa shape index (κ1) is 13.6. The van der Waals surface area contributed by atoms with Crippen molar-refractivity contribution < 1.29 is 9.53 Å². The molecule has 0 fully saturated rings. The van der Waals surface area contributed by atoms with Crippen molar-refractivity contribution in [2.45, 2.75) is 6.92 Å². The summed E-state index contributed by atoms with van der Waals surface area (Å²) in [5.41, 5.74) is 2.19. The highest BCUT2D eigenvalue weighted by Crippen LogP contribution is 2.22. The molecule has 3 rings (SSSR count). The minimum atomic E-state index is -0.486. The van der Waals surface area contributed by atoms with Crippen molar-refractivity contribution >= 4 is 23.1 Å². The fourth-order valence-corrected chi connectivity index (χ4v) is 2.18. The van der Waals surface area contributed by atoms with Gasteiger partial charge in [-0.05, 0) is 6.92 Å². The van der Waals surface area contributed by atoms with Gasteiger partial charge in [0.2, 0.25) is 0 Å². The summed E-state index contributed by atoms with van der Waals surface area (Å²) in [5, 5.41) is 8.53. The van der Waals surface area contributed by atoms with Gasteiger partial charge in [0.25, 0.3) is 0 Å². The summed E-state index contributed by atoms with van der Waals surface area (Å²) in [6.07, 6.45) is 5.20. The Morgan fingerprint density at radius 1 is 1.43 bits per heavy atom. The highest BCUT2D eigenvalue weighted by molar-refractivity contribution is 6.32. The van der Waals surface area contributed by atoms with Crippen LogP contribution in [0.15, 0.2) is 24.7 Å². The standard InChI is InChI=1S/C13H12ClN5O2/c1-3-21-13(20)9-4-11-12(14)16-10(7-19(11)17-9)8-5-15-18(2)6-8/h4-7H,3H2,1-2H3. The van der Waals surface area contributed by atoms with Gasteiger partial charge in [-0.1, -0.05) is 11.6 Å². The lowest BCUT2D eigenvalue weighted by Gasteiger charge is -2.00. The van der Waals surface area contributed by atoms with Crippen LogP contribution in [0.25, 0.3) is 16.8 Å². The van der Waals surface area contributed by atoms with Crippen molar-refractivity contribution in [1.82, 2.24) is 24.4 Å². The van der Waals surface area contributed by atoms with Crippen molar-refractivity contribution in [3.8, 4) is 11.3 Å². The van der Waals surface area contributed by atoms with Gasteiger partial charge in [-0.15, -0.1) is 0 Å². The van der Waals surface area contributed by atoms with E-state index in [-0.39, 0.29) is 10.8 Å². The summed E-state index contributed by atoms with van der Waals surface area (Å²) < 4.78 is 8.11. The molecule has 3 aromatic heterocycles. The van der Waals surface area contributed by atoms with Crippen LogP contribution >= 0.6 is 11.6 Å². The lowest BCUT2D eigenvalue weighted by atomic mass is 10.3. The molecule has 0 saturated carbocycles. The molecule has 0 N–H and O–H groups in total. The lowest BCUT2D eigenvalue weighted by Crippen LogP contribution is -2.05. The Morgan fingerprint density at radius 3 is 2.90 bits per heavy atom. The van der Waals surface area contributed by atoms with Crippen molar-refractivity contribution in [2.24, 2.45) is 7.05 Å². The van der Waals surface area contributed by atoms with E-state index in [4.69, 9.17) is 16.3 Å². The SMILES string of the molecule is CCOC(=O)c1cc2c(Cl)nc(-c3cnn(C)c3)cn2n1. The van der Waals surface area contributed by atoms with Crippen molar-refractivity contribution in [1.29, 1.82) is 0 Å². The maximum absolute atomic E-state index is 11.7. The Hall–Kier alpha value is -2.41. The van der Waals surface area contributed by atoms with Gasteiger partial charge in [0.1, 0.15) is 5.52 Å². The second-order valence-electron chi connectivity index (χ2n) is 4.40. The van der Waals surface area contributed by atoms with Crippen LogP contribution in [0.4, 0.5) is 0 Å². The second-order valence-corrected chi connectivity index (χ2v) is 4.76. The number of rotatable bonds is 3. The van der Waals surface area contributed by atoms with Gasteiger partial charge in [-0.2, -0.15) is 10.2 Å². The number of halogens is 1. The topological polar surface area (TPSA) is 74.3 Å². The van der Waals surface area contributed by atoms with Gasteiger partial charge in [0.15, 0.2) is 10.8 Å². The van der Waals surface area contributed by atoms with E-state index in [0.717, 1.165) is 5.56 Å². The summed E-state index contributed by atoms with van der Waals surface area (Å²) in [6.45, 7) is 2.03. The van der Waals surface area contributed by atoms with Gasteiger partial charge in [0.05, 0.1) is 24.7 Å². The van der Waals surface area contributed by atoms with E-state index in [1.807, 2.05) is 13.2 Å². The molecule has 0 aliphatic rings. The van der Waals surface area contributed by atoms with E-state index in [9.17, 15) is 4.79 Å². The maximum Gasteiger partial charge on any atom is 0.358 e. The average Bonchev–Trinajstić information content (AvgIpc) is 3.05. The van der Waals surface area contributed by atoms with E-state index in [1.54, 1.807) is 30.1 Å². The number of fused-ring (bicyclic) bond motifs is 1. The molecule has 0 unspecified atom stereocenters. The van der Waals surface area contributed by atoms with Gasteiger partial charge in [-0.3, -0.25) is 4.68 Å². The summed E-state index contributed by atoms with van der Waals surface area (Å²) >= 11 is 6.16. The first-order chi connectivity index (χ1) is 10.1. The third-order valence-electron chi connectivity index (χ3n) is 2.90. The third kappa shape index (κ3) is 2.47. The van der Waals surface area contributed by atoms with Crippen LogP contribution in [0.2, 0.25) is 5.15 Å².